The van der Waals surface area contributed by atoms with Crippen LogP contribution in [0.2, 0.25) is 0 Å². The SMILES string of the molecule is CC(O)CNCC(C)O.CCCCCCCCCCCCCCCC(C)C(=O)O. The van der Waals surface area contributed by atoms with Crippen LogP contribution < -0.4 is 5.32 Å². The van der Waals surface area contributed by atoms with Gasteiger partial charge in [-0.05, 0) is 20.3 Å². The van der Waals surface area contributed by atoms with Crippen LogP contribution in [0, 0.1) is 5.92 Å². The first-order valence-electron chi connectivity index (χ1n) is 12.1. The van der Waals surface area contributed by atoms with E-state index in [1.165, 1.54) is 77.0 Å². The summed E-state index contributed by atoms with van der Waals surface area (Å²) in [4.78, 5) is 10.6. The van der Waals surface area contributed by atoms with Crippen molar-refractivity contribution in [2.45, 2.75) is 130 Å². The van der Waals surface area contributed by atoms with E-state index in [1.54, 1.807) is 13.8 Å². The zero-order chi connectivity index (χ0) is 22.3. The van der Waals surface area contributed by atoms with E-state index in [2.05, 4.69) is 12.2 Å². The quantitative estimate of drug-likeness (QED) is 0.208. The summed E-state index contributed by atoms with van der Waals surface area (Å²) in [6.45, 7) is 8.57. The van der Waals surface area contributed by atoms with Crippen LogP contribution in [0.1, 0.15) is 118 Å². The van der Waals surface area contributed by atoms with Crippen molar-refractivity contribution in [2.24, 2.45) is 5.92 Å². The number of aliphatic hydroxyl groups is 2. The third-order valence-corrected chi connectivity index (χ3v) is 5.04. The number of nitrogens with one attached hydrogen (secondary N) is 1. The van der Waals surface area contributed by atoms with Gasteiger partial charge >= 0.3 is 5.97 Å². The number of carboxylic acids is 1. The van der Waals surface area contributed by atoms with Crippen molar-refractivity contribution in [1.29, 1.82) is 0 Å². The molecule has 0 aliphatic heterocycles. The van der Waals surface area contributed by atoms with E-state index in [-0.39, 0.29) is 18.1 Å². The molecule has 29 heavy (non-hydrogen) atoms. The smallest absolute Gasteiger partial charge is 0.306 e. The Bertz CT molecular complexity index is 327. The second-order valence-electron chi connectivity index (χ2n) is 8.63. The average molecular weight is 418 g/mol. The van der Waals surface area contributed by atoms with Gasteiger partial charge in [0.05, 0.1) is 18.1 Å². The fourth-order valence-corrected chi connectivity index (χ4v) is 3.09. The Labute approximate surface area is 180 Å². The van der Waals surface area contributed by atoms with Gasteiger partial charge in [0, 0.05) is 13.1 Å². The van der Waals surface area contributed by atoms with Crippen LogP contribution in [0.4, 0.5) is 0 Å². The van der Waals surface area contributed by atoms with Crippen molar-refractivity contribution in [2.75, 3.05) is 13.1 Å². The number of aliphatic carboxylic acids is 1. The molecule has 4 N–H and O–H groups in total. The minimum Gasteiger partial charge on any atom is -0.481 e. The predicted octanol–water partition coefficient (Wildman–Crippen LogP) is 5.53. The van der Waals surface area contributed by atoms with Gasteiger partial charge in [-0.1, -0.05) is 97.3 Å². The highest BCUT2D eigenvalue weighted by Gasteiger charge is 2.09. The van der Waals surface area contributed by atoms with Crippen molar-refractivity contribution < 1.29 is 20.1 Å². The molecule has 0 aliphatic carbocycles. The molecule has 0 amide bonds. The highest BCUT2D eigenvalue weighted by Crippen LogP contribution is 2.14. The first kappa shape index (κ1) is 30.5. The highest BCUT2D eigenvalue weighted by atomic mass is 16.4. The van der Waals surface area contributed by atoms with Gasteiger partial charge in [-0.15, -0.1) is 0 Å². The molecule has 0 radical (unpaired) electrons. The summed E-state index contributed by atoms with van der Waals surface area (Å²) in [5, 5.41) is 29.1. The molecule has 0 aromatic carbocycles. The van der Waals surface area contributed by atoms with Crippen molar-refractivity contribution >= 4 is 5.97 Å². The zero-order valence-corrected chi connectivity index (χ0v) is 19.8. The summed E-state index contributed by atoms with van der Waals surface area (Å²) >= 11 is 0. The molecule has 0 fully saturated rings. The minimum atomic E-state index is -0.649. The topological polar surface area (TPSA) is 89.8 Å². The number of carboxylic acid groups (broad SMARTS) is 1. The summed E-state index contributed by atoms with van der Waals surface area (Å²) < 4.78 is 0. The number of hydrogen-bond acceptors (Lipinski definition) is 4. The molecule has 0 saturated heterocycles. The summed E-state index contributed by atoms with van der Waals surface area (Å²) in [6, 6.07) is 0. The van der Waals surface area contributed by atoms with Crippen LogP contribution in [0.25, 0.3) is 0 Å². The second kappa shape index (κ2) is 23.6. The van der Waals surface area contributed by atoms with Gasteiger partial charge in [-0.25, -0.2) is 0 Å². The highest BCUT2D eigenvalue weighted by molar-refractivity contribution is 5.69. The van der Waals surface area contributed by atoms with Gasteiger partial charge in [0.25, 0.3) is 0 Å². The minimum absolute atomic E-state index is 0.164. The standard InChI is InChI=1S/C18H36O2.C6H15NO2/c1-3-4-5-6-7-8-9-10-11-12-13-14-15-16-17(2)18(19)20;1-5(8)3-7-4-6(2)9/h17H,3-16H2,1-2H3,(H,19,20);5-9H,3-4H2,1-2H3. The van der Waals surface area contributed by atoms with Gasteiger partial charge in [-0.3, -0.25) is 4.79 Å². The Morgan fingerprint density at radius 2 is 1.03 bits per heavy atom. The van der Waals surface area contributed by atoms with Gasteiger partial charge in [0.15, 0.2) is 0 Å². The van der Waals surface area contributed by atoms with Gasteiger partial charge in [0.2, 0.25) is 0 Å². The third-order valence-electron chi connectivity index (χ3n) is 5.04. The predicted molar refractivity (Wildman–Crippen MR) is 123 cm³/mol. The fraction of sp³-hybridized carbons (Fsp3) is 0.958. The lowest BCUT2D eigenvalue weighted by Crippen LogP contribution is -2.30. The fourth-order valence-electron chi connectivity index (χ4n) is 3.09. The van der Waals surface area contributed by atoms with Gasteiger partial charge in [0.1, 0.15) is 0 Å². The van der Waals surface area contributed by atoms with E-state index in [1.807, 2.05) is 6.92 Å². The molecule has 5 heteroatoms. The Morgan fingerprint density at radius 3 is 1.34 bits per heavy atom. The molecule has 0 aromatic heterocycles. The van der Waals surface area contributed by atoms with Crippen molar-refractivity contribution in [1.82, 2.24) is 5.32 Å². The van der Waals surface area contributed by atoms with Crippen LogP contribution in [0.5, 0.6) is 0 Å². The van der Waals surface area contributed by atoms with E-state index < -0.39 is 5.97 Å². The molecule has 5 nitrogen and oxygen atoms in total. The maximum atomic E-state index is 10.6. The van der Waals surface area contributed by atoms with Crippen molar-refractivity contribution in [3.05, 3.63) is 0 Å². The van der Waals surface area contributed by atoms with Crippen molar-refractivity contribution in [3.63, 3.8) is 0 Å². The Morgan fingerprint density at radius 1 is 0.690 bits per heavy atom. The Balaban J connectivity index is 0. The Kier molecular flexibility index (Phi) is 24.9. The normalized spacial score (nSPS) is 14.0. The molecular formula is C24H51NO4. The molecule has 176 valence electrons. The van der Waals surface area contributed by atoms with E-state index in [4.69, 9.17) is 15.3 Å². The van der Waals surface area contributed by atoms with Crippen LogP contribution in [0.3, 0.4) is 0 Å². The van der Waals surface area contributed by atoms with E-state index in [9.17, 15) is 4.79 Å². The maximum Gasteiger partial charge on any atom is 0.306 e. The third kappa shape index (κ3) is 29.6. The number of hydrogen-bond donors (Lipinski definition) is 4. The first-order valence-corrected chi connectivity index (χ1v) is 12.1. The van der Waals surface area contributed by atoms with E-state index >= 15 is 0 Å². The van der Waals surface area contributed by atoms with Gasteiger partial charge < -0.3 is 20.6 Å². The van der Waals surface area contributed by atoms with E-state index in [0.29, 0.717) is 13.1 Å². The second-order valence-corrected chi connectivity index (χ2v) is 8.63. The van der Waals surface area contributed by atoms with Gasteiger partial charge in [-0.2, -0.15) is 0 Å². The average Bonchev–Trinajstić information content (AvgIpc) is 2.65. The lowest BCUT2D eigenvalue weighted by molar-refractivity contribution is -0.141. The van der Waals surface area contributed by atoms with E-state index in [0.717, 1.165) is 12.8 Å². The van der Waals surface area contributed by atoms with Crippen LogP contribution >= 0.6 is 0 Å². The molecule has 0 rings (SSSR count). The number of carbonyl (C=O) groups is 1. The summed E-state index contributed by atoms with van der Waals surface area (Å²) in [6.07, 6.45) is 17.7. The number of rotatable bonds is 19. The largest absolute Gasteiger partial charge is 0.481 e. The molecule has 0 aliphatic rings. The lowest BCUT2D eigenvalue weighted by atomic mass is 10.0. The molecule has 0 bridgehead atoms. The molecule has 0 heterocycles. The Hall–Kier alpha value is -0.650. The summed E-state index contributed by atoms with van der Waals surface area (Å²) in [5.74, 6) is -0.813. The molecule has 3 atom stereocenters. The molecule has 0 aromatic rings. The number of unbranched alkanes of at least 4 members (excludes halogenated alkanes) is 12. The monoisotopic (exact) mass is 417 g/mol. The molecular weight excluding hydrogens is 366 g/mol. The molecule has 0 saturated carbocycles. The number of aliphatic hydroxyl groups excluding tert-OH is 2. The molecule has 0 spiro atoms. The zero-order valence-electron chi connectivity index (χ0n) is 19.8. The van der Waals surface area contributed by atoms with Crippen LogP contribution in [0.15, 0.2) is 0 Å². The summed E-state index contributed by atoms with van der Waals surface area (Å²) in [7, 11) is 0. The first-order chi connectivity index (χ1) is 13.8. The van der Waals surface area contributed by atoms with Crippen LogP contribution in [-0.2, 0) is 4.79 Å². The van der Waals surface area contributed by atoms with Crippen LogP contribution in [-0.4, -0.2) is 46.6 Å². The summed E-state index contributed by atoms with van der Waals surface area (Å²) in [5.41, 5.74) is 0. The lowest BCUT2D eigenvalue weighted by Gasteiger charge is -2.07. The maximum absolute atomic E-state index is 10.6. The molecule has 3 unspecified atom stereocenters. The van der Waals surface area contributed by atoms with Crippen molar-refractivity contribution in [3.8, 4) is 0 Å².